The van der Waals surface area contributed by atoms with E-state index in [4.69, 9.17) is 0 Å². The Morgan fingerprint density at radius 1 is 1.38 bits per heavy atom. The van der Waals surface area contributed by atoms with Crippen molar-refractivity contribution in [3.8, 4) is 0 Å². The van der Waals surface area contributed by atoms with Crippen molar-refractivity contribution in [2.24, 2.45) is 0 Å². The van der Waals surface area contributed by atoms with E-state index < -0.39 is 0 Å². The summed E-state index contributed by atoms with van der Waals surface area (Å²) < 4.78 is 0. The summed E-state index contributed by atoms with van der Waals surface area (Å²) in [6, 6.07) is 0. The smallest absolute Gasteiger partial charge is 0.308 e. The Kier molecular flexibility index (Phi) is 3.80. The molecule has 1 aliphatic rings. The molecule has 13 heavy (non-hydrogen) atoms. The van der Waals surface area contributed by atoms with Gasteiger partial charge in [0.25, 0.3) is 0 Å². The molecule has 0 unspecified atom stereocenters. The van der Waals surface area contributed by atoms with Crippen molar-refractivity contribution in [1.82, 2.24) is 10.0 Å². The monoisotopic (exact) mass is 182 g/mol. The van der Waals surface area contributed by atoms with Gasteiger partial charge in [0.05, 0.1) is 0 Å². The van der Waals surface area contributed by atoms with Crippen LogP contribution in [0, 0.1) is 0 Å². The summed E-state index contributed by atoms with van der Waals surface area (Å²) in [5.41, 5.74) is 0.251. The average molecular weight is 182 g/mol. The van der Waals surface area contributed by atoms with Crippen LogP contribution in [0.3, 0.4) is 0 Å². The molecule has 76 valence electrons. The van der Waals surface area contributed by atoms with E-state index in [0.717, 1.165) is 0 Å². The predicted octanol–water partition coefficient (Wildman–Crippen LogP) is 1.98. The third-order valence-corrected chi connectivity index (χ3v) is 2.47. The average Bonchev–Trinajstić information content (AvgIpc) is 2.34. The van der Waals surface area contributed by atoms with Crippen LogP contribution >= 0.6 is 0 Å². The van der Waals surface area contributed by atoms with Crippen LogP contribution in [0.15, 0.2) is 0 Å². The highest BCUT2D eigenvalue weighted by atomic mass is 15.2. The maximum absolute atomic E-state index is 3.68. The molecule has 0 aromatic rings. The maximum Gasteiger partial charge on any atom is 0.308 e. The first-order valence-corrected chi connectivity index (χ1v) is 5.54. The lowest BCUT2D eigenvalue weighted by Crippen LogP contribution is -2.53. The standard InChI is InChI=1S/C10H23BN2/c1-5-8-13-9-6-7-11(13)12-10(2,3)4/h12H,5-9H2,1-4H3. The molecule has 0 saturated carbocycles. The van der Waals surface area contributed by atoms with Gasteiger partial charge in [-0.2, -0.15) is 0 Å². The Morgan fingerprint density at radius 3 is 2.62 bits per heavy atom. The van der Waals surface area contributed by atoms with Gasteiger partial charge in [0, 0.05) is 5.54 Å². The molecule has 1 fully saturated rings. The van der Waals surface area contributed by atoms with E-state index in [1.807, 2.05) is 0 Å². The van der Waals surface area contributed by atoms with E-state index in [1.165, 1.54) is 32.3 Å². The molecule has 1 heterocycles. The molecule has 0 atom stereocenters. The lowest BCUT2D eigenvalue weighted by molar-refractivity contribution is 0.430. The minimum atomic E-state index is 0.251. The van der Waals surface area contributed by atoms with Gasteiger partial charge in [-0.3, -0.25) is 0 Å². The highest BCUT2D eigenvalue weighted by Gasteiger charge is 2.31. The van der Waals surface area contributed by atoms with E-state index >= 15 is 0 Å². The first kappa shape index (κ1) is 11.1. The SMILES string of the molecule is CCCN1CCCB1NC(C)(C)C. The zero-order chi connectivity index (χ0) is 9.90. The van der Waals surface area contributed by atoms with E-state index in [-0.39, 0.29) is 5.54 Å². The molecule has 0 spiro atoms. The number of nitrogens with zero attached hydrogens (tertiary/aromatic N) is 1. The van der Waals surface area contributed by atoms with Gasteiger partial charge >= 0.3 is 6.98 Å². The molecule has 0 aliphatic carbocycles. The van der Waals surface area contributed by atoms with Crippen LogP contribution in [0.5, 0.6) is 0 Å². The summed E-state index contributed by atoms with van der Waals surface area (Å²) in [4.78, 5) is 2.57. The van der Waals surface area contributed by atoms with Crippen molar-refractivity contribution >= 4 is 6.98 Å². The number of nitrogens with one attached hydrogen (secondary N) is 1. The lowest BCUT2D eigenvalue weighted by Gasteiger charge is -2.29. The van der Waals surface area contributed by atoms with Gasteiger partial charge in [-0.1, -0.05) is 6.92 Å². The largest absolute Gasteiger partial charge is 0.337 e. The molecule has 1 rings (SSSR count). The van der Waals surface area contributed by atoms with Gasteiger partial charge in [-0.15, -0.1) is 0 Å². The second-order valence-corrected chi connectivity index (χ2v) is 5.09. The number of hydrogen-bond donors (Lipinski definition) is 1. The summed E-state index contributed by atoms with van der Waals surface area (Å²) in [7, 11) is 0. The van der Waals surface area contributed by atoms with Gasteiger partial charge in [-0.25, -0.2) is 0 Å². The summed E-state index contributed by atoms with van der Waals surface area (Å²) in [5, 5.41) is 3.68. The predicted molar refractivity (Wildman–Crippen MR) is 59.9 cm³/mol. The van der Waals surface area contributed by atoms with Crippen LogP contribution in [0.25, 0.3) is 0 Å². The Morgan fingerprint density at radius 2 is 2.08 bits per heavy atom. The molecule has 1 N–H and O–H groups in total. The zero-order valence-corrected chi connectivity index (χ0v) is 9.56. The third-order valence-electron chi connectivity index (χ3n) is 2.47. The Hall–Kier alpha value is -0.0151. The van der Waals surface area contributed by atoms with Crippen LogP contribution in [0.2, 0.25) is 6.32 Å². The van der Waals surface area contributed by atoms with Crippen molar-refractivity contribution in [3.63, 3.8) is 0 Å². The zero-order valence-electron chi connectivity index (χ0n) is 9.56. The second-order valence-electron chi connectivity index (χ2n) is 5.09. The first-order valence-electron chi connectivity index (χ1n) is 5.54. The molecule has 1 aliphatic heterocycles. The molecular formula is C10H23BN2. The van der Waals surface area contributed by atoms with Crippen LogP contribution < -0.4 is 5.23 Å². The summed E-state index contributed by atoms with van der Waals surface area (Å²) in [6.07, 6.45) is 3.94. The molecule has 1 saturated heterocycles. The fourth-order valence-corrected chi connectivity index (χ4v) is 2.04. The van der Waals surface area contributed by atoms with Gasteiger partial charge in [0.1, 0.15) is 0 Å². The Balaban J connectivity index is 2.39. The van der Waals surface area contributed by atoms with E-state index in [1.54, 1.807) is 0 Å². The van der Waals surface area contributed by atoms with Gasteiger partial charge in [-0.05, 0) is 53.0 Å². The van der Waals surface area contributed by atoms with Crippen molar-refractivity contribution in [1.29, 1.82) is 0 Å². The number of rotatable bonds is 3. The minimum absolute atomic E-state index is 0.251. The highest BCUT2D eigenvalue weighted by molar-refractivity contribution is 6.54. The summed E-state index contributed by atoms with van der Waals surface area (Å²) in [6.45, 7) is 12.1. The minimum Gasteiger partial charge on any atom is -0.337 e. The van der Waals surface area contributed by atoms with Gasteiger partial charge in [0.2, 0.25) is 0 Å². The molecule has 0 bridgehead atoms. The molecule has 0 aromatic heterocycles. The van der Waals surface area contributed by atoms with Crippen LogP contribution in [-0.2, 0) is 0 Å². The normalized spacial score (nSPS) is 19.8. The van der Waals surface area contributed by atoms with Crippen molar-refractivity contribution in [2.45, 2.75) is 52.4 Å². The van der Waals surface area contributed by atoms with Crippen molar-refractivity contribution in [3.05, 3.63) is 0 Å². The Labute approximate surface area is 83.2 Å². The molecule has 0 aromatic carbocycles. The van der Waals surface area contributed by atoms with Gasteiger partial charge < -0.3 is 10.0 Å². The molecule has 0 amide bonds. The quantitative estimate of drug-likeness (QED) is 0.671. The van der Waals surface area contributed by atoms with E-state index in [9.17, 15) is 0 Å². The summed E-state index contributed by atoms with van der Waals surface area (Å²) in [5.74, 6) is 0. The van der Waals surface area contributed by atoms with Crippen LogP contribution in [0.1, 0.15) is 40.5 Å². The maximum atomic E-state index is 3.68. The van der Waals surface area contributed by atoms with Crippen LogP contribution in [0.4, 0.5) is 0 Å². The van der Waals surface area contributed by atoms with Crippen LogP contribution in [-0.4, -0.2) is 30.4 Å². The van der Waals surface area contributed by atoms with E-state index in [2.05, 4.69) is 37.7 Å². The fourth-order valence-electron chi connectivity index (χ4n) is 2.04. The fraction of sp³-hybridized carbons (Fsp3) is 1.00. The van der Waals surface area contributed by atoms with Crippen molar-refractivity contribution in [2.75, 3.05) is 13.1 Å². The topological polar surface area (TPSA) is 15.3 Å². The summed E-state index contributed by atoms with van der Waals surface area (Å²) >= 11 is 0. The van der Waals surface area contributed by atoms with Crippen molar-refractivity contribution < 1.29 is 0 Å². The lowest BCUT2D eigenvalue weighted by atomic mass is 9.71. The highest BCUT2D eigenvalue weighted by Crippen LogP contribution is 2.15. The second kappa shape index (κ2) is 4.47. The molecular weight excluding hydrogens is 159 g/mol. The molecule has 0 radical (unpaired) electrons. The Bertz CT molecular complexity index is 153. The number of hydrogen-bond acceptors (Lipinski definition) is 2. The van der Waals surface area contributed by atoms with Gasteiger partial charge in [0.15, 0.2) is 0 Å². The third kappa shape index (κ3) is 3.69. The molecule has 3 heteroatoms. The first-order chi connectivity index (χ1) is 6.03. The molecule has 2 nitrogen and oxygen atoms in total. The van der Waals surface area contributed by atoms with E-state index in [0.29, 0.717) is 6.98 Å².